The Hall–Kier alpha value is -0.570. The summed E-state index contributed by atoms with van der Waals surface area (Å²) in [5, 5.41) is 0. The molecule has 0 aromatic carbocycles. The van der Waals surface area contributed by atoms with Gasteiger partial charge in [-0.15, -0.1) is 0 Å². The highest BCUT2D eigenvalue weighted by atomic mass is 16.2. The smallest absolute Gasteiger partial charge is 0.242 e. The van der Waals surface area contributed by atoms with E-state index >= 15 is 0 Å². The van der Waals surface area contributed by atoms with Gasteiger partial charge in [-0.05, 0) is 31.1 Å². The van der Waals surface area contributed by atoms with E-state index in [1.807, 2.05) is 11.9 Å². The van der Waals surface area contributed by atoms with Crippen molar-refractivity contribution >= 4 is 5.91 Å². The highest BCUT2D eigenvalue weighted by Crippen LogP contribution is 2.31. The molecule has 1 fully saturated rings. The minimum absolute atomic E-state index is 0.143. The molecule has 3 heteroatoms. The first-order valence-electron chi connectivity index (χ1n) is 6.89. The maximum atomic E-state index is 12.4. The van der Waals surface area contributed by atoms with Gasteiger partial charge in [-0.2, -0.15) is 0 Å². The van der Waals surface area contributed by atoms with Crippen LogP contribution in [0.5, 0.6) is 0 Å². The quantitative estimate of drug-likeness (QED) is 0.820. The Morgan fingerprint density at radius 2 is 2.18 bits per heavy atom. The molecule has 0 saturated heterocycles. The molecule has 1 aliphatic rings. The molecule has 2 atom stereocenters. The minimum Gasteiger partial charge on any atom is -0.344 e. The second-order valence-corrected chi connectivity index (χ2v) is 6.27. The van der Waals surface area contributed by atoms with E-state index in [2.05, 4.69) is 20.8 Å². The van der Waals surface area contributed by atoms with Crippen molar-refractivity contribution in [2.45, 2.75) is 58.4 Å². The first kappa shape index (κ1) is 14.5. The van der Waals surface area contributed by atoms with Gasteiger partial charge >= 0.3 is 0 Å². The molecule has 0 bridgehead atoms. The zero-order valence-electron chi connectivity index (χ0n) is 11.8. The molecule has 1 aliphatic carbocycles. The normalized spacial score (nSPS) is 29.4. The molecule has 2 N–H and O–H groups in total. The molecular weight excluding hydrogens is 212 g/mol. The molecule has 2 unspecified atom stereocenters. The summed E-state index contributed by atoms with van der Waals surface area (Å²) in [5.74, 6) is 1.35. The van der Waals surface area contributed by atoms with Crippen LogP contribution in [0.4, 0.5) is 0 Å². The molecule has 0 spiro atoms. The number of hydrogen-bond donors (Lipinski definition) is 1. The molecule has 0 aromatic rings. The number of rotatable bonds is 4. The van der Waals surface area contributed by atoms with Gasteiger partial charge in [0.05, 0.1) is 5.54 Å². The second-order valence-electron chi connectivity index (χ2n) is 6.27. The second kappa shape index (κ2) is 5.85. The van der Waals surface area contributed by atoms with Crippen molar-refractivity contribution in [3.8, 4) is 0 Å². The van der Waals surface area contributed by atoms with E-state index in [0.717, 1.165) is 32.2 Å². The number of nitrogens with two attached hydrogens (primary N) is 1. The molecule has 1 rings (SSSR count). The van der Waals surface area contributed by atoms with Crippen molar-refractivity contribution in [3.05, 3.63) is 0 Å². The number of carbonyl (C=O) groups is 1. The van der Waals surface area contributed by atoms with Crippen LogP contribution in [0.2, 0.25) is 0 Å². The Labute approximate surface area is 106 Å². The largest absolute Gasteiger partial charge is 0.344 e. The van der Waals surface area contributed by atoms with Crippen LogP contribution in [-0.4, -0.2) is 29.9 Å². The van der Waals surface area contributed by atoms with Gasteiger partial charge in [0.15, 0.2) is 0 Å². The number of hydrogen-bond acceptors (Lipinski definition) is 2. The van der Waals surface area contributed by atoms with E-state index in [1.54, 1.807) is 0 Å². The Balaban J connectivity index is 2.55. The van der Waals surface area contributed by atoms with Gasteiger partial charge < -0.3 is 10.6 Å². The van der Waals surface area contributed by atoms with Crippen molar-refractivity contribution in [3.63, 3.8) is 0 Å². The minimum atomic E-state index is -0.594. The van der Waals surface area contributed by atoms with Crippen molar-refractivity contribution < 1.29 is 4.79 Å². The molecule has 1 saturated carbocycles. The number of nitrogens with zero attached hydrogens (tertiary/aromatic N) is 1. The van der Waals surface area contributed by atoms with Crippen LogP contribution >= 0.6 is 0 Å². The van der Waals surface area contributed by atoms with Crippen LogP contribution in [0.3, 0.4) is 0 Å². The maximum absolute atomic E-state index is 12.4. The van der Waals surface area contributed by atoms with E-state index < -0.39 is 5.54 Å². The van der Waals surface area contributed by atoms with E-state index in [0.29, 0.717) is 11.8 Å². The van der Waals surface area contributed by atoms with E-state index in [4.69, 9.17) is 5.73 Å². The zero-order valence-corrected chi connectivity index (χ0v) is 11.8. The van der Waals surface area contributed by atoms with Gasteiger partial charge in [-0.3, -0.25) is 4.79 Å². The number of likely N-dealkylation sites (N-methyl/N-ethyl adjacent to an activating group) is 1. The molecule has 3 nitrogen and oxygen atoms in total. The SMILES string of the molecule is CC(C)CCN(C)C(=O)C1(N)CCCC(C)C1. The summed E-state index contributed by atoms with van der Waals surface area (Å²) in [4.78, 5) is 14.2. The van der Waals surface area contributed by atoms with Gasteiger partial charge in [-0.1, -0.05) is 33.6 Å². The van der Waals surface area contributed by atoms with Crippen LogP contribution in [-0.2, 0) is 4.79 Å². The fraction of sp³-hybridized carbons (Fsp3) is 0.929. The Bertz CT molecular complexity index is 265. The maximum Gasteiger partial charge on any atom is 0.242 e. The Kier molecular flexibility index (Phi) is 4.99. The van der Waals surface area contributed by atoms with Gasteiger partial charge in [0, 0.05) is 13.6 Å². The number of amides is 1. The van der Waals surface area contributed by atoms with E-state index in [9.17, 15) is 4.79 Å². The van der Waals surface area contributed by atoms with Crippen LogP contribution in [0.15, 0.2) is 0 Å². The van der Waals surface area contributed by atoms with Crippen molar-refractivity contribution in [2.75, 3.05) is 13.6 Å². The van der Waals surface area contributed by atoms with Crippen molar-refractivity contribution in [2.24, 2.45) is 17.6 Å². The predicted octanol–water partition coefficient (Wildman–Crippen LogP) is 2.40. The van der Waals surface area contributed by atoms with Crippen LogP contribution in [0.1, 0.15) is 52.9 Å². The summed E-state index contributed by atoms with van der Waals surface area (Å²) in [6.07, 6.45) is 5.04. The summed E-state index contributed by atoms with van der Waals surface area (Å²) in [5.41, 5.74) is 5.72. The number of carbonyl (C=O) groups excluding carboxylic acids is 1. The lowest BCUT2D eigenvalue weighted by Crippen LogP contribution is -2.56. The summed E-state index contributed by atoms with van der Waals surface area (Å²) in [6, 6.07) is 0. The Morgan fingerprint density at radius 1 is 1.53 bits per heavy atom. The van der Waals surface area contributed by atoms with Crippen molar-refractivity contribution in [1.29, 1.82) is 0 Å². The van der Waals surface area contributed by atoms with Crippen LogP contribution in [0, 0.1) is 11.8 Å². The lowest BCUT2D eigenvalue weighted by molar-refractivity contribution is -0.137. The predicted molar refractivity (Wildman–Crippen MR) is 71.6 cm³/mol. The third-order valence-electron chi connectivity index (χ3n) is 3.85. The first-order chi connectivity index (χ1) is 7.85. The van der Waals surface area contributed by atoms with Gasteiger partial charge in [-0.25, -0.2) is 0 Å². The zero-order chi connectivity index (χ0) is 13.1. The average Bonchev–Trinajstić information content (AvgIpc) is 2.24. The fourth-order valence-electron chi connectivity index (χ4n) is 2.72. The molecule has 0 radical (unpaired) electrons. The molecule has 100 valence electrons. The fourth-order valence-corrected chi connectivity index (χ4v) is 2.72. The summed E-state index contributed by atoms with van der Waals surface area (Å²) < 4.78 is 0. The molecule has 0 aromatic heterocycles. The van der Waals surface area contributed by atoms with Crippen LogP contribution in [0.25, 0.3) is 0 Å². The summed E-state index contributed by atoms with van der Waals surface area (Å²) in [7, 11) is 1.89. The van der Waals surface area contributed by atoms with Gasteiger partial charge in [0.1, 0.15) is 0 Å². The molecule has 1 amide bonds. The summed E-state index contributed by atoms with van der Waals surface area (Å²) >= 11 is 0. The monoisotopic (exact) mass is 240 g/mol. The standard InChI is InChI=1S/C14H28N2O/c1-11(2)7-9-16(4)13(17)14(15)8-5-6-12(3)10-14/h11-12H,5-10,15H2,1-4H3. The van der Waals surface area contributed by atoms with Gasteiger partial charge in [0.2, 0.25) is 5.91 Å². The third kappa shape index (κ3) is 3.98. The molecule has 0 aliphatic heterocycles. The lowest BCUT2D eigenvalue weighted by atomic mass is 9.76. The summed E-state index contributed by atoms with van der Waals surface area (Å²) in [6.45, 7) is 7.38. The first-order valence-corrected chi connectivity index (χ1v) is 6.89. The molecule has 17 heavy (non-hydrogen) atoms. The van der Waals surface area contributed by atoms with E-state index in [-0.39, 0.29) is 5.91 Å². The van der Waals surface area contributed by atoms with Crippen LogP contribution < -0.4 is 5.73 Å². The third-order valence-corrected chi connectivity index (χ3v) is 3.85. The molecule has 0 heterocycles. The average molecular weight is 240 g/mol. The highest BCUT2D eigenvalue weighted by Gasteiger charge is 2.39. The molecular formula is C14H28N2O. The Morgan fingerprint density at radius 3 is 2.71 bits per heavy atom. The lowest BCUT2D eigenvalue weighted by Gasteiger charge is -2.38. The highest BCUT2D eigenvalue weighted by molar-refractivity contribution is 5.86. The topological polar surface area (TPSA) is 46.3 Å². The van der Waals surface area contributed by atoms with E-state index in [1.165, 1.54) is 6.42 Å². The van der Waals surface area contributed by atoms with Gasteiger partial charge in [0.25, 0.3) is 0 Å². The van der Waals surface area contributed by atoms with Crippen molar-refractivity contribution in [1.82, 2.24) is 4.90 Å².